The number of likely N-dealkylation sites (N-methyl/N-ethyl adjacent to an activating group) is 1. The van der Waals surface area contributed by atoms with Crippen molar-refractivity contribution < 1.29 is 14.4 Å². The molecule has 6 nitrogen and oxygen atoms in total. The first-order valence-corrected chi connectivity index (χ1v) is 8.00. The largest absolute Gasteiger partial charge is 0.333 e. The number of benzene rings is 1. The van der Waals surface area contributed by atoms with Gasteiger partial charge in [0.1, 0.15) is 0 Å². The van der Waals surface area contributed by atoms with E-state index in [1.807, 2.05) is 51.1 Å². The highest BCUT2D eigenvalue weighted by atomic mass is 16.2. The molecule has 0 aromatic heterocycles. The summed E-state index contributed by atoms with van der Waals surface area (Å²) in [5.74, 6) is -1.38. The van der Waals surface area contributed by atoms with Gasteiger partial charge in [0.05, 0.1) is 6.04 Å². The molecule has 1 aliphatic rings. The van der Waals surface area contributed by atoms with Crippen molar-refractivity contribution in [1.82, 2.24) is 15.1 Å². The fraction of sp³-hybridized carbons (Fsp3) is 0.471. The molecule has 1 N–H and O–H groups in total. The van der Waals surface area contributed by atoms with Gasteiger partial charge in [-0.15, -0.1) is 0 Å². The number of nitrogens with zero attached hydrogens (tertiary/aromatic N) is 2. The van der Waals surface area contributed by atoms with E-state index in [9.17, 15) is 14.4 Å². The second kappa shape index (κ2) is 8.92. The number of nitrogens with one attached hydrogen (secondary N) is 1. The molecule has 1 aliphatic heterocycles. The smallest absolute Gasteiger partial charge is 0.325 e. The Hall–Kier alpha value is -2.37. The van der Waals surface area contributed by atoms with Gasteiger partial charge in [0, 0.05) is 19.6 Å². The number of urea groups is 1. The van der Waals surface area contributed by atoms with Gasteiger partial charge in [-0.05, 0) is 19.4 Å². The Bertz CT molecular complexity index is 545. The summed E-state index contributed by atoms with van der Waals surface area (Å²) < 4.78 is 0. The first kappa shape index (κ1) is 18.7. The van der Waals surface area contributed by atoms with E-state index >= 15 is 0 Å². The van der Waals surface area contributed by atoms with Gasteiger partial charge in [-0.1, -0.05) is 44.2 Å². The zero-order valence-corrected chi connectivity index (χ0v) is 14.2. The van der Waals surface area contributed by atoms with Crippen molar-refractivity contribution >= 4 is 17.8 Å². The van der Waals surface area contributed by atoms with E-state index in [0.29, 0.717) is 13.1 Å². The van der Waals surface area contributed by atoms with Crippen LogP contribution in [0.1, 0.15) is 39.3 Å². The summed E-state index contributed by atoms with van der Waals surface area (Å²) in [4.78, 5) is 38.3. The van der Waals surface area contributed by atoms with Gasteiger partial charge >= 0.3 is 17.8 Å². The number of hydrogen-bond donors (Lipinski definition) is 1. The summed E-state index contributed by atoms with van der Waals surface area (Å²) in [5.41, 5.74) is 0.941. The van der Waals surface area contributed by atoms with Crippen molar-refractivity contribution in [3.8, 4) is 0 Å². The number of piperazine rings is 1. The van der Waals surface area contributed by atoms with Crippen molar-refractivity contribution in [2.45, 2.75) is 33.7 Å². The molecule has 1 unspecified atom stereocenters. The fourth-order valence-corrected chi connectivity index (χ4v) is 2.26. The fourth-order valence-electron chi connectivity index (χ4n) is 2.26. The van der Waals surface area contributed by atoms with Gasteiger partial charge in [0.15, 0.2) is 0 Å². The molecule has 0 radical (unpaired) electrons. The monoisotopic (exact) mass is 319 g/mol. The van der Waals surface area contributed by atoms with Crippen LogP contribution in [0, 0.1) is 0 Å². The van der Waals surface area contributed by atoms with Gasteiger partial charge < -0.3 is 10.2 Å². The van der Waals surface area contributed by atoms with Crippen molar-refractivity contribution in [2.75, 3.05) is 19.6 Å². The number of carbonyl (C=O) groups is 3. The van der Waals surface area contributed by atoms with Gasteiger partial charge in [-0.25, -0.2) is 4.79 Å². The van der Waals surface area contributed by atoms with E-state index in [1.54, 1.807) is 6.92 Å². The summed E-state index contributed by atoms with van der Waals surface area (Å²) in [7, 11) is 0. The Kier molecular flexibility index (Phi) is 7.25. The molecular weight excluding hydrogens is 294 g/mol. The molecule has 1 saturated heterocycles. The average molecular weight is 319 g/mol. The molecule has 1 atom stereocenters. The third kappa shape index (κ3) is 4.55. The van der Waals surface area contributed by atoms with Crippen LogP contribution < -0.4 is 5.32 Å². The summed E-state index contributed by atoms with van der Waals surface area (Å²) in [6.45, 7) is 8.72. The van der Waals surface area contributed by atoms with E-state index in [4.69, 9.17) is 0 Å². The third-order valence-corrected chi connectivity index (χ3v) is 3.58. The maximum absolute atomic E-state index is 12.2. The molecule has 126 valence electrons. The molecule has 6 heteroatoms. The zero-order valence-electron chi connectivity index (χ0n) is 14.2. The Morgan fingerprint density at radius 1 is 1.13 bits per heavy atom. The topological polar surface area (TPSA) is 69.7 Å². The van der Waals surface area contributed by atoms with Gasteiger partial charge in [0.2, 0.25) is 0 Å². The number of hydrogen-bond acceptors (Lipinski definition) is 3. The van der Waals surface area contributed by atoms with E-state index in [1.165, 1.54) is 4.90 Å². The van der Waals surface area contributed by atoms with Crippen LogP contribution in [0.15, 0.2) is 30.3 Å². The van der Waals surface area contributed by atoms with Crippen molar-refractivity contribution in [3.63, 3.8) is 0 Å². The van der Waals surface area contributed by atoms with E-state index in [0.717, 1.165) is 10.5 Å². The third-order valence-electron chi connectivity index (χ3n) is 3.58. The van der Waals surface area contributed by atoms with E-state index < -0.39 is 17.8 Å². The Labute approximate surface area is 137 Å². The second-order valence-corrected chi connectivity index (χ2v) is 4.92. The maximum atomic E-state index is 12.2. The number of carbonyl (C=O) groups excluding carboxylic acids is 3. The first-order valence-electron chi connectivity index (χ1n) is 8.00. The summed E-state index contributed by atoms with van der Waals surface area (Å²) in [6.07, 6.45) is 0. The molecule has 1 heterocycles. The van der Waals surface area contributed by atoms with Crippen LogP contribution in [0.5, 0.6) is 0 Å². The molecule has 1 aromatic carbocycles. The number of imide groups is 1. The Balaban J connectivity index is 0.00000127. The molecule has 23 heavy (non-hydrogen) atoms. The predicted molar refractivity (Wildman–Crippen MR) is 88.7 cm³/mol. The highest BCUT2D eigenvalue weighted by Gasteiger charge is 2.35. The van der Waals surface area contributed by atoms with Crippen LogP contribution in [-0.4, -0.2) is 47.3 Å². The van der Waals surface area contributed by atoms with Crippen LogP contribution in [0.3, 0.4) is 0 Å². The van der Waals surface area contributed by atoms with Gasteiger partial charge in [-0.3, -0.25) is 14.5 Å². The lowest BCUT2D eigenvalue weighted by atomic mass is 10.1. The lowest BCUT2D eigenvalue weighted by Gasteiger charge is -2.32. The Morgan fingerprint density at radius 2 is 1.74 bits per heavy atom. The van der Waals surface area contributed by atoms with Gasteiger partial charge in [-0.2, -0.15) is 0 Å². The molecule has 0 spiro atoms. The SMILES string of the molecule is CC.CCN1CCN(C(=O)NC(C)c2ccccc2)C(=O)C1=O. The van der Waals surface area contributed by atoms with Crippen LogP contribution in [0.4, 0.5) is 4.79 Å². The standard InChI is InChI=1S/C15H19N3O3.C2H6/c1-3-17-9-10-18(14(20)13(17)19)15(21)16-11(2)12-7-5-4-6-8-12;1-2/h4-8,11H,3,9-10H2,1-2H3,(H,16,21);1-2H3. The summed E-state index contributed by atoms with van der Waals surface area (Å²) in [5, 5.41) is 2.75. The highest BCUT2D eigenvalue weighted by molar-refractivity contribution is 6.38. The minimum atomic E-state index is -0.763. The lowest BCUT2D eigenvalue weighted by Crippen LogP contribution is -2.58. The van der Waals surface area contributed by atoms with Crippen LogP contribution >= 0.6 is 0 Å². The second-order valence-electron chi connectivity index (χ2n) is 4.92. The van der Waals surface area contributed by atoms with Crippen molar-refractivity contribution in [2.24, 2.45) is 0 Å². The molecular formula is C17H25N3O3. The maximum Gasteiger partial charge on any atom is 0.325 e. The zero-order chi connectivity index (χ0) is 17.4. The molecule has 0 bridgehead atoms. The highest BCUT2D eigenvalue weighted by Crippen LogP contribution is 2.13. The van der Waals surface area contributed by atoms with Gasteiger partial charge in [0.25, 0.3) is 0 Å². The molecule has 0 saturated carbocycles. The lowest BCUT2D eigenvalue weighted by molar-refractivity contribution is -0.153. The van der Waals surface area contributed by atoms with Crippen molar-refractivity contribution in [3.05, 3.63) is 35.9 Å². The minimum Gasteiger partial charge on any atom is -0.333 e. The predicted octanol–water partition coefficient (Wildman–Crippen LogP) is 2.17. The van der Waals surface area contributed by atoms with E-state index in [2.05, 4.69) is 5.32 Å². The Morgan fingerprint density at radius 3 is 2.30 bits per heavy atom. The quantitative estimate of drug-likeness (QED) is 0.868. The average Bonchev–Trinajstić information content (AvgIpc) is 2.59. The number of rotatable bonds is 3. The molecule has 0 aliphatic carbocycles. The molecule has 1 fully saturated rings. The van der Waals surface area contributed by atoms with Crippen molar-refractivity contribution in [1.29, 1.82) is 0 Å². The number of amides is 4. The minimum absolute atomic E-state index is 0.228. The molecule has 1 aromatic rings. The summed E-state index contributed by atoms with van der Waals surface area (Å²) in [6, 6.07) is 8.69. The van der Waals surface area contributed by atoms with Crippen LogP contribution in [-0.2, 0) is 9.59 Å². The molecule has 2 rings (SSSR count). The van der Waals surface area contributed by atoms with Crippen LogP contribution in [0.25, 0.3) is 0 Å². The molecule has 4 amide bonds. The first-order chi connectivity index (χ1) is 11.0. The normalized spacial score (nSPS) is 15.7. The summed E-state index contributed by atoms with van der Waals surface area (Å²) >= 11 is 0. The van der Waals surface area contributed by atoms with E-state index in [-0.39, 0.29) is 12.6 Å². The van der Waals surface area contributed by atoms with Crippen LogP contribution in [0.2, 0.25) is 0 Å².